The van der Waals surface area contributed by atoms with Crippen LogP contribution in [-0.2, 0) is 12.4 Å². The Hall–Kier alpha value is -2.88. The zero-order valence-corrected chi connectivity index (χ0v) is 13.2. The van der Waals surface area contributed by atoms with Crippen molar-refractivity contribution in [1.82, 2.24) is 9.97 Å². The van der Waals surface area contributed by atoms with Crippen molar-refractivity contribution < 1.29 is 36.2 Å². The number of nitrogens with zero attached hydrogens (tertiary/aromatic N) is 1. The van der Waals surface area contributed by atoms with Crippen LogP contribution in [0.5, 0.6) is 0 Å². The molecule has 0 atom stereocenters. The van der Waals surface area contributed by atoms with Crippen molar-refractivity contribution in [3.8, 4) is 11.4 Å². The van der Waals surface area contributed by atoms with Crippen molar-refractivity contribution >= 4 is 16.8 Å². The summed E-state index contributed by atoms with van der Waals surface area (Å²) in [4.78, 5) is 18.1. The Balaban J connectivity index is 2.16. The number of aromatic amines is 1. The summed E-state index contributed by atoms with van der Waals surface area (Å²) >= 11 is 0. The molecule has 0 radical (unpaired) electrons. The van der Waals surface area contributed by atoms with Gasteiger partial charge in [0.25, 0.3) is 0 Å². The van der Waals surface area contributed by atoms with Crippen molar-refractivity contribution in [2.45, 2.75) is 12.4 Å². The standard InChI is InChI=1S/C17H10F6N2O2/c18-16(19,20)10-3-9(4-11(6-10)17(21,22)23)15-24-12-2-1-8(14(27)7-26)5-13(12)25-15/h1-6,26H,7H2,(H,24,25). The molecule has 142 valence electrons. The zero-order chi connectivity index (χ0) is 20.0. The fraction of sp³-hybridized carbons (Fsp3) is 0.176. The number of imidazole rings is 1. The maximum absolute atomic E-state index is 13.0. The first-order valence-electron chi connectivity index (χ1n) is 7.43. The molecule has 0 unspecified atom stereocenters. The minimum absolute atomic E-state index is 0.0319. The summed E-state index contributed by atoms with van der Waals surface area (Å²) in [7, 11) is 0. The van der Waals surface area contributed by atoms with E-state index in [4.69, 9.17) is 5.11 Å². The normalized spacial score (nSPS) is 12.6. The minimum atomic E-state index is -4.97. The molecule has 0 fully saturated rings. The highest BCUT2D eigenvalue weighted by atomic mass is 19.4. The Labute approximate surface area is 147 Å². The van der Waals surface area contributed by atoms with E-state index in [1.54, 1.807) is 0 Å². The van der Waals surface area contributed by atoms with Gasteiger partial charge in [0.05, 0.1) is 22.2 Å². The van der Waals surface area contributed by atoms with Crippen LogP contribution in [0.4, 0.5) is 26.3 Å². The number of Topliss-reactive ketones (excluding diaryl/α,β-unsaturated/α-hetero) is 1. The smallest absolute Gasteiger partial charge is 0.388 e. The van der Waals surface area contributed by atoms with Crippen molar-refractivity contribution in [2.24, 2.45) is 0 Å². The van der Waals surface area contributed by atoms with Gasteiger partial charge in [-0.25, -0.2) is 4.98 Å². The monoisotopic (exact) mass is 388 g/mol. The van der Waals surface area contributed by atoms with Crippen molar-refractivity contribution in [2.75, 3.05) is 6.61 Å². The Bertz CT molecular complexity index is 988. The molecule has 0 aliphatic heterocycles. The van der Waals surface area contributed by atoms with Gasteiger partial charge in [0, 0.05) is 11.1 Å². The number of carbonyl (C=O) groups excluding carboxylic acids is 1. The van der Waals surface area contributed by atoms with E-state index in [0.29, 0.717) is 12.1 Å². The van der Waals surface area contributed by atoms with Crippen LogP contribution >= 0.6 is 0 Å². The molecule has 2 N–H and O–H groups in total. The first-order chi connectivity index (χ1) is 12.5. The van der Waals surface area contributed by atoms with Gasteiger partial charge >= 0.3 is 12.4 Å². The van der Waals surface area contributed by atoms with Gasteiger partial charge in [0.15, 0.2) is 5.78 Å². The maximum Gasteiger partial charge on any atom is 0.416 e. The first kappa shape index (κ1) is 18.9. The molecule has 3 aromatic rings. The van der Waals surface area contributed by atoms with Crippen molar-refractivity contribution in [3.63, 3.8) is 0 Å². The van der Waals surface area contributed by atoms with E-state index in [1.165, 1.54) is 18.2 Å². The molecule has 10 heteroatoms. The molecule has 0 aliphatic rings. The summed E-state index contributed by atoms with van der Waals surface area (Å²) in [6, 6.07) is 5.18. The molecule has 0 bridgehead atoms. The molecule has 4 nitrogen and oxygen atoms in total. The number of halogens is 6. The Morgan fingerprint density at radius 3 is 2.07 bits per heavy atom. The lowest BCUT2D eigenvalue weighted by Gasteiger charge is -2.13. The molecule has 2 aromatic carbocycles. The molecule has 27 heavy (non-hydrogen) atoms. The average molecular weight is 388 g/mol. The summed E-state index contributed by atoms with van der Waals surface area (Å²) in [5, 5.41) is 8.87. The van der Waals surface area contributed by atoms with Crippen LogP contribution in [0.3, 0.4) is 0 Å². The van der Waals surface area contributed by atoms with Crippen LogP contribution in [0, 0.1) is 0 Å². The predicted octanol–water partition coefficient (Wildman–Crippen LogP) is 4.44. The Kier molecular flexibility index (Phi) is 4.46. The van der Waals surface area contributed by atoms with Gasteiger partial charge in [-0.2, -0.15) is 26.3 Å². The topological polar surface area (TPSA) is 66.0 Å². The number of alkyl halides is 6. The quantitative estimate of drug-likeness (QED) is 0.515. The summed E-state index contributed by atoms with van der Waals surface area (Å²) in [6.07, 6.45) is -9.94. The van der Waals surface area contributed by atoms with Crippen molar-refractivity contribution in [1.29, 1.82) is 0 Å². The van der Waals surface area contributed by atoms with Crippen LogP contribution < -0.4 is 0 Å². The number of ketones is 1. The molecule has 3 rings (SSSR count). The van der Waals surface area contributed by atoms with Gasteiger partial charge < -0.3 is 10.1 Å². The summed E-state index contributed by atoms with van der Waals surface area (Å²) in [6.45, 7) is -0.741. The van der Waals surface area contributed by atoms with E-state index in [0.717, 1.165) is 0 Å². The number of hydrogen-bond donors (Lipinski definition) is 2. The lowest BCUT2D eigenvalue weighted by atomic mass is 10.0. The zero-order valence-electron chi connectivity index (χ0n) is 13.2. The number of aliphatic hydroxyl groups is 1. The van der Waals surface area contributed by atoms with E-state index >= 15 is 0 Å². The number of aromatic nitrogens is 2. The first-order valence-corrected chi connectivity index (χ1v) is 7.43. The maximum atomic E-state index is 13.0. The fourth-order valence-electron chi connectivity index (χ4n) is 2.50. The Morgan fingerprint density at radius 2 is 1.56 bits per heavy atom. The third kappa shape index (κ3) is 3.80. The second kappa shape index (κ2) is 6.38. The van der Waals surface area contributed by atoms with E-state index in [1.807, 2.05) is 0 Å². The van der Waals surface area contributed by atoms with Gasteiger partial charge in [0.1, 0.15) is 12.4 Å². The minimum Gasteiger partial charge on any atom is -0.388 e. The SMILES string of the molecule is O=C(CO)c1ccc2nc(-c3cc(C(F)(F)F)cc(C(F)(F)F)c3)[nH]c2c1. The van der Waals surface area contributed by atoms with Crippen LogP contribution in [-0.4, -0.2) is 27.5 Å². The van der Waals surface area contributed by atoms with Gasteiger partial charge in [0.2, 0.25) is 0 Å². The highest BCUT2D eigenvalue weighted by Crippen LogP contribution is 2.38. The number of H-pyrrole nitrogens is 1. The molecular weight excluding hydrogens is 378 g/mol. The second-order valence-corrected chi connectivity index (χ2v) is 5.69. The van der Waals surface area contributed by atoms with Gasteiger partial charge in [-0.3, -0.25) is 4.79 Å². The van der Waals surface area contributed by atoms with E-state index in [-0.39, 0.29) is 28.5 Å². The molecule has 1 aromatic heterocycles. The number of benzene rings is 2. The highest BCUT2D eigenvalue weighted by molar-refractivity contribution is 5.99. The number of carbonyl (C=O) groups is 1. The number of hydrogen-bond acceptors (Lipinski definition) is 3. The lowest BCUT2D eigenvalue weighted by molar-refractivity contribution is -0.143. The van der Waals surface area contributed by atoms with Crippen molar-refractivity contribution in [3.05, 3.63) is 53.1 Å². The van der Waals surface area contributed by atoms with E-state index in [9.17, 15) is 31.1 Å². The number of rotatable bonds is 3. The largest absolute Gasteiger partial charge is 0.416 e. The molecule has 0 saturated carbocycles. The highest BCUT2D eigenvalue weighted by Gasteiger charge is 2.37. The summed E-state index contributed by atoms with van der Waals surface area (Å²) in [5.74, 6) is -0.804. The molecule has 0 aliphatic carbocycles. The van der Waals surface area contributed by atoms with Crippen LogP contribution in [0.1, 0.15) is 21.5 Å². The summed E-state index contributed by atoms with van der Waals surface area (Å²) in [5.41, 5.74) is -2.71. The van der Waals surface area contributed by atoms with Gasteiger partial charge in [-0.15, -0.1) is 0 Å². The number of fused-ring (bicyclic) bond motifs is 1. The van der Waals surface area contributed by atoms with E-state index < -0.39 is 41.4 Å². The Morgan fingerprint density at radius 1 is 0.963 bits per heavy atom. The fourth-order valence-corrected chi connectivity index (χ4v) is 2.50. The van der Waals surface area contributed by atoms with Gasteiger partial charge in [-0.05, 0) is 36.4 Å². The summed E-state index contributed by atoms with van der Waals surface area (Å²) < 4.78 is 77.9. The third-order valence-corrected chi connectivity index (χ3v) is 3.81. The number of nitrogens with one attached hydrogen (secondary N) is 1. The molecule has 1 heterocycles. The van der Waals surface area contributed by atoms with Crippen LogP contribution in [0.15, 0.2) is 36.4 Å². The molecule has 0 amide bonds. The number of aliphatic hydroxyl groups excluding tert-OH is 1. The van der Waals surface area contributed by atoms with Crippen LogP contribution in [0.2, 0.25) is 0 Å². The van der Waals surface area contributed by atoms with Gasteiger partial charge in [-0.1, -0.05) is 0 Å². The van der Waals surface area contributed by atoms with Crippen LogP contribution in [0.25, 0.3) is 22.4 Å². The predicted molar refractivity (Wildman–Crippen MR) is 83.0 cm³/mol. The molecule has 0 spiro atoms. The molecule has 0 saturated heterocycles. The average Bonchev–Trinajstić information content (AvgIpc) is 3.02. The molecular formula is C17H10F6N2O2. The second-order valence-electron chi connectivity index (χ2n) is 5.69. The lowest BCUT2D eigenvalue weighted by Crippen LogP contribution is -2.11. The third-order valence-electron chi connectivity index (χ3n) is 3.81. The van der Waals surface area contributed by atoms with E-state index in [2.05, 4.69) is 9.97 Å².